The number of hydrogen-bond donors (Lipinski definition) is 0. The zero-order valence-electron chi connectivity index (χ0n) is 56.7. The van der Waals surface area contributed by atoms with Crippen LogP contribution in [0.4, 0.5) is 0 Å². The molecule has 15 heteroatoms. The van der Waals surface area contributed by atoms with E-state index in [-0.39, 0.29) is 0 Å². The summed E-state index contributed by atoms with van der Waals surface area (Å²) in [5.41, 5.74) is 11.0. The third-order valence-corrected chi connectivity index (χ3v) is 22.4. The maximum absolute atomic E-state index is 14.0. The highest BCUT2D eigenvalue weighted by Crippen LogP contribution is 2.57. The molecule has 87 heavy (non-hydrogen) atoms. The van der Waals surface area contributed by atoms with Gasteiger partial charge in [-0.2, -0.15) is 0 Å². The lowest BCUT2D eigenvalue weighted by molar-refractivity contribution is -0.144. The maximum atomic E-state index is 14.0. The second-order valence-corrected chi connectivity index (χ2v) is 42.4. The molecular weight excluding hydrogens is 1160 g/mol. The Labute approximate surface area is 522 Å². The van der Waals surface area contributed by atoms with Gasteiger partial charge in [-0.25, -0.2) is 4.79 Å². The predicted octanol–water partition coefficient (Wildman–Crippen LogP) is 20.3. The number of benzene rings is 6. The Bertz CT molecular complexity index is 3780. The number of fused-ring (bicyclic) bond motifs is 3. The molecular formula is C72H94O11P2Si2. The van der Waals surface area contributed by atoms with Crippen molar-refractivity contribution in [1.29, 1.82) is 0 Å². The molecule has 1 atom stereocenters. The first-order chi connectivity index (χ1) is 39.9. The Morgan fingerprint density at radius 2 is 0.862 bits per heavy atom. The van der Waals surface area contributed by atoms with Gasteiger partial charge >= 0.3 is 34.8 Å². The summed E-state index contributed by atoms with van der Waals surface area (Å²) < 4.78 is 55.6. The highest BCUT2D eigenvalue weighted by molar-refractivity contribution is 7.43. The fourth-order valence-corrected chi connectivity index (χ4v) is 17.1. The number of ether oxygens (including phenoxy) is 2. The van der Waals surface area contributed by atoms with Gasteiger partial charge < -0.3 is 31.4 Å². The summed E-state index contributed by atoms with van der Waals surface area (Å²) in [4.78, 5) is 41.6. The lowest BCUT2D eigenvalue weighted by atomic mass is 9.83. The average molecular weight is 1250 g/mol. The highest BCUT2D eigenvalue weighted by Gasteiger charge is 2.51. The van der Waals surface area contributed by atoms with E-state index in [9.17, 15) is 14.4 Å². The van der Waals surface area contributed by atoms with Crippen molar-refractivity contribution in [1.82, 2.24) is 0 Å². The van der Waals surface area contributed by atoms with Crippen LogP contribution in [0, 0.1) is 52.4 Å². The van der Waals surface area contributed by atoms with Crippen molar-refractivity contribution >= 4 is 83.2 Å². The molecule has 0 spiro atoms. The van der Waals surface area contributed by atoms with E-state index >= 15 is 0 Å². The minimum absolute atomic E-state index is 0.327. The number of aryl methyl sites for hydroxylation is 6. The molecule has 0 N–H and O–H groups in total. The van der Waals surface area contributed by atoms with Crippen LogP contribution in [-0.4, -0.2) is 39.7 Å². The molecule has 1 aliphatic heterocycles. The molecule has 1 aliphatic rings. The molecule has 0 radical (unpaired) electrons. The molecule has 6 aromatic carbocycles. The summed E-state index contributed by atoms with van der Waals surface area (Å²) in [7, 11) is -9.68. The van der Waals surface area contributed by atoms with Crippen molar-refractivity contribution in [3.05, 3.63) is 117 Å². The zero-order chi connectivity index (χ0) is 64.8. The van der Waals surface area contributed by atoms with Gasteiger partial charge in [0.1, 0.15) is 34.2 Å². The second-order valence-electron chi connectivity index (χ2n) is 30.3. The Kier molecular flexibility index (Phi) is 18.3. The van der Waals surface area contributed by atoms with Crippen LogP contribution < -0.4 is 28.9 Å². The molecule has 2 heterocycles. The van der Waals surface area contributed by atoms with Crippen LogP contribution in [0.5, 0.6) is 23.0 Å². The van der Waals surface area contributed by atoms with Crippen LogP contribution in [0.2, 0.25) is 39.3 Å². The number of hydrogen-bond acceptors (Lipinski definition) is 11. The standard InChI is InChI=1S/C72H94O11P2Si2/c1-27-72(28-2)67(75)82-85(83-72)81-64-52(34-48(36-58(64)87(24,25)26)60-45(7)31-42(4)32-46(60)8)51-33-47(59-43(5)29-41(3)30-44(59)6)35-57(86(21,22)23)63(51)80-84-78-61-53(37-49(39-55(61)68(9,10)11)76-65(73)70(15,16)17)54-38-50(77-66(74)71(18,19)20)40-56(62(54)79-84)69(12,13)14/h29-40H,27-28H2,1-26H3. The lowest BCUT2D eigenvalue weighted by Crippen LogP contribution is -2.39. The van der Waals surface area contributed by atoms with Crippen molar-refractivity contribution in [3.63, 3.8) is 0 Å². The first-order valence-corrected chi connectivity index (χ1v) is 39.7. The lowest BCUT2D eigenvalue weighted by Gasteiger charge is -2.29. The van der Waals surface area contributed by atoms with E-state index in [0.717, 1.165) is 77.1 Å². The van der Waals surface area contributed by atoms with Crippen molar-refractivity contribution in [2.75, 3.05) is 0 Å². The van der Waals surface area contributed by atoms with Crippen LogP contribution in [0.3, 0.4) is 0 Å². The molecule has 0 amide bonds. The van der Waals surface area contributed by atoms with Crippen LogP contribution in [0.15, 0.2) is 81.2 Å². The van der Waals surface area contributed by atoms with E-state index in [0.29, 0.717) is 57.8 Å². The minimum atomic E-state index is -2.54. The summed E-state index contributed by atoms with van der Waals surface area (Å²) in [6, 6.07) is 25.4. The van der Waals surface area contributed by atoms with Gasteiger partial charge in [0.2, 0.25) is 0 Å². The summed E-state index contributed by atoms with van der Waals surface area (Å²) >= 11 is 0. The van der Waals surface area contributed by atoms with Crippen molar-refractivity contribution in [2.24, 2.45) is 10.8 Å². The monoisotopic (exact) mass is 1250 g/mol. The van der Waals surface area contributed by atoms with Crippen molar-refractivity contribution < 1.29 is 50.3 Å². The first kappa shape index (κ1) is 67.0. The molecule has 1 aromatic heterocycles. The van der Waals surface area contributed by atoms with Gasteiger partial charge in [0.05, 0.1) is 27.0 Å². The molecule has 7 aromatic rings. The summed E-state index contributed by atoms with van der Waals surface area (Å²) in [5, 5.41) is 3.17. The molecule has 1 fully saturated rings. The van der Waals surface area contributed by atoms with Gasteiger partial charge in [0.15, 0.2) is 5.60 Å². The topological polar surface area (TPSA) is 133 Å². The predicted molar refractivity (Wildman–Crippen MR) is 365 cm³/mol. The zero-order valence-corrected chi connectivity index (χ0v) is 60.5. The second kappa shape index (κ2) is 23.8. The van der Waals surface area contributed by atoms with E-state index < -0.39 is 78.2 Å². The molecule has 0 aliphatic carbocycles. The van der Waals surface area contributed by atoms with Crippen LogP contribution in [0.1, 0.15) is 154 Å². The van der Waals surface area contributed by atoms with E-state index in [2.05, 4.69) is 171 Å². The summed E-state index contributed by atoms with van der Waals surface area (Å²) in [6.07, 6.45) is 0.850. The normalized spacial score (nSPS) is 15.0. The number of carbonyl (C=O) groups is 3. The molecule has 1 saturated heterocycles. The SMILES string of the molecule is CCC1(CC)OP(Oc2c(-c3cc(-c4c(C)cc(C)cc4C)cc([Si](C)(C)C)c3Op3oc4c(C(C)(C)C)cc(OC(=O)C(C)(C)C)cc4c4cc(OC(=O)C(C)(C)C)cc(C(C)(C)C)c4o3)cc(-c3c(C)cc(C)cc3C)cc2[Si](C)(C)C)OC1=O. The van der Waals surface area contributed by atoms with E-state index in [4.69, 9.17) is 36.0 Å². The Morgan fingerprint density at radius 1 is 0.506 bits per heavy atom. The van der Waals surface area contributed by atoms with E-state index in [1.165, 1.54) is 11.1 Å². The Balaban J connectivity index is 1.61. The molecule has 466 valence electrons. The quantitative estimate of drug-likeness (QED) is 0.0473. The summed E-state index contributed by atoms with van der Waals surface area (Å²) in [6.45, 7) is 54.3. The van der Waals surface area contributed by atoms with Crippen molar-refractivity contribution in [3.8, 4) is 56.4 Å². The Morgan fingerprint density at radius 3 is 1.17 bits per heavy atom. The molecule has 1 unspecified atom stereocenters. The third-order valence-electron chi connectivity index (χ3n) is 16.3. The van der Waals surface area contributed by atoms with Crippen LogP contribution >= 0.6 is 16.8 Å². The van der Waals surface area contributed by atoms with Gasteiger partial charge in [0, 0.05) is 33.0 Å². The average Bonchev–Trinajstić information content (AvgIpc) is 1.73. The largest absolute Gasteiger partial charge is 0.466 e. The molecule has 0 saturated carbocycles. The molecule has 11 nitrogen and oxygen atoms in total. The summed E-state index contributed by atoms with van der Waals surface area (Å²) in [5.74, 6) is 0.547. The van der Waals surface area contributed by atoms with Gasteiger partial charge in [-0.3, -0.25) is 14.1 Å². The van der Waals surface area contributed by atoms with E-state index in [1.807, 2.05) is 79.7 Å². The van der Waals surface area contributed by atoms with Gasteiger partial charge in [-0.05, 0) is 198 Å². The molecule has 0 bridgehead atoms. The van der Waals surface area contributed by atoms with Gasteiger partial charge in [-0.15, -0.1) is 0 Å². The fourth-order valence-electron chi connectivity index (χ4n) is 11.5. The first-order valence-electron chi connectivity index (χ1n) is 30.5. The maximum Gasteiger partial charge on any atom is 0.466 e. The highest BCUT2D eigenvalue weighted by atomic mass is 31.2. The minimum Gasteiger partial charge on any atom is -0.426 e. The molecule has 8 rings (SSSR count). The third kappa shape index (κ3) is 13.9. The Hall–Kier alpha value is -5.95. The van der Waals surface area contributed by atoms with Crippen LogP contribution in [-0.2, 0) is 34.3 Å². The van der Waals surface area contributed by atoms with E-state index in [1.54, 1.807) is 0 Å². The number of esters is 2. The number of rotatable bonds is 13. The van der Waals surface area contributed by atoms with Gasteiger partial charge in [-0.1, -0.05) is 142 Å². The smallest absolute Gasteiger partial charge is 0.426 e. The fraction of sp³-hybridized carbons (Fsp3) is 0.458. The van der Waals surface area contributed by atoms with Gasteiger partial charge in [0.25, 0.3) is 0 Å². The number of carbonyl (C=O) groups excluding carboxylic acids is 3. The van der Waals surface area contributed by atoms with Crippen molar-refractivity contribution in [2.45, 2.75) is 207 Å². The van der Waals surface area contributed by atoms with Crippen LogP contribution in [0.25, 0.3) is 55.3 Å².